The second-order valence-electron chi connectivity index (χ2n) is 1.05. The fraction of sp³-hybridized carbons (Fsp3) is 0. The Morgan fingerprint density at radius 1 is 1.40 bits per heavy atom. The van der Waals surface area contributed by atoms with Crippen molar-refractivity contribution in [1.82, 2.24) is 4.98 Å². The van der Waals surface area contributed by atoms with Crippen molar-refractivity contribution < 1.29 is 28.8 Å². The van der Waals surface area contributed by atoms with Crippen LogP contribution in [0, 0.1) is 6.07 Å². The molecule has 4 heteroatoms. The van der Waals surface area contributed by atoms with Crippen LogP contribution >= 0.6 is 0 Å². The standard InChI is InChI=1S/C5H4N.CH2O2.Li/c1-2-4-6-5-3-1;2-1-3;/h2-5H;1H,(H,2,3);/q-1;;+1. The normalized spacial score (nSPS) is 6.00. The minimum atomic E-state index is -0.250. The van der Waals surface area contributed by atoms with Gasteiger partial charge in [-0.3, -0.25) is 4.79 Å². The van der Waals surface area contributed by atoms with Crippen molar-refractivity contribution in [2.24, 2.45) is 0 Å². The SMILES string of the molecule is O=CO.[Li+].[c-]1ccncc1. The summed E-state index contributed by atoms with van der Waals surface area (Å²) in [6, 6.07) is 6.36. The number of nitrogens with zero attached hydrogens (tertiary/aromatic N) is 1. The van der Waals surface area contributed by atoms with E-state index in [1.54, 1.807) is 24.5 Å². The first-order chi connectivity index (χ1) is 4.41. The fourth-order valence-corrected chi connectivity index (χ4v) is 0.277. The number of hydrogen-bond acceptors (Lipinski definition) is 2. The summed E-state index contributed by atoms with van der Waals surface area (Å²) in [7, 11) is 0. The Morgan fingerprint density at radius 2 is 1.80 bits per heavy atom. The van der Waals surface area contributed by atoms with E-state index in [4.69, 9.17) is 9.90 Å². The predicted octanol–water partition coefficient (Wildman–Crippen LogP) is -2.41. The van der Waals surface area contributed by atoms with Gasteiger partial charge in [-0.05, 0) is 0 Å². The number of carbonyl (C=O) groups is 1. The Bertz CT molecular complexity index is 119. The average molecular weight is 131 g/mol. The monoisotopic (exact) mass is 131 g/mol. The summed E-state index contributed by atoms with van der Waals surface area (Å²) in [6.45, 7) is -0.250. The molecule has 0 amide bonds. The molecule has 0 aliphatic heterocycles. The van der Waals surface area contributed by atoms with Gasteiger partial charge in [0.1, 0.15) is 0 Å². The average Bonchev–Trinajstić information content (AvgIpc) is 1.93. The van der Waals surface area contributed by atoms with Gasteiger partial charge in [0.05, 0.1) is 0 Å². The molecule has 3 nitrogen and oxygen atoms in total. The Kier molecular flexibility index (Phi) is 13.2. The molecule has 1 N–H and O–H groups in total. The van der Waals surface area contributed by atoms with E-state index in [0.717, 1.165) is 0 Å². The van der Waals surface area contributed by atoms with Crippen LogP contribution in [0.1, 0.15) is 0 Å². The van der Waals surface area contributed by atoms with Crippen LogP contribution in [-0.4, -0.2) is 16.6 Å². The summed E-state index contributed by atoms with van der Waals surface area (Å²) in [4.78, 5) is 12.1. The molecule has 0 radical (unpaired) electrons. The first-order valence-corrected chi connectivity index (χ1v) is 2.25. The number of carboxylic acid groups (broad SMARTS) is 1. The Morgan fingerprint density at radius 3 is 1.90 bits per heavy atom. The second-order valence-corrected chi connectivity index (χ2v) is 1.05. The van der Waals surface area contributed by atoms with Crippen LogP contribution < -0.4 is 18.9 Å². The number of pyridine rings is 1. The third-order valence-electron chi connectivity index (χ3n) is 0.514. The molecule has 0 atom stereocenters. The number of hydrogen-bond donors (Lipinski definition) is 1. The first kappa shape index (κ1) is 11.9. The third kappa shape index (κ3) is 10.2. The van der Waals surface area contributed by atoms with Crippen LogP contribution in [0.5, 0.6) is 0 Å². The van der Waals surface area contributed by atoms with Crippen LogP contribution in [0.2, 0.25) is 0 Å². The molecule has 1 aromatic heterocycles. The Balaban J connectivity index is 0. The van der Waals surface area contributed by atoms with Crippen molar-refractivity contribution in [3.8, 4) is 0 Å². The summed E-state index contributed by atoms with van der Waals surface area (Å²) in [6.07, 6.45) is 3.39. The zero-order valence-corrected chi connectivity index (χ0v) is 5.69. The Labute approximate surface area is 71.3 Å². The maximum atomic E-state index is 8.36. The first-order valence-electron chi connectivity index (χ1n) is 2.25. The van der Waals surface area contributed by atoms with E-state index in [1.165, 1.54) is 0 Å². The molecule has 0 aliphatic rings. The molecule has 0 fully saturated rings. The van der Waals surface area contributed by atoms with E-state index in [9.17, 15) is 0 Å². The van der Waals surface area contributed by atoms with Crippen molar-refractivity contribution >= 4 is 6.47 Å². The summed E-state index contributed by atoms with van der Waals surface area (Å²) in [5.74, 6) is 0. The van der Waals surface area contributed by atoms with Gasteiger partial charge in [0, 0.05) is 0 Å². The quantitative estimate of drug-likeness (QED) is 0.242. The van der Waals surface area contributed by atoms with Gasteiger partial charge < -0.3 is 10.1 Å². The van der Waals surface area contributed by atoms with Gasteiger partial charge in [0.2, 0.25) is 0 Å². The molecular formula is C6H6LiNO2. The predicted molar refractivity (Wildman–Crippen MR) is 31.8 cm³/mol. The van der Waals surface area contributed by atoms with Gasteiger partial charge in [0.25, 0.3) is 6.47 Å². The van der Waals surface area contributed by atoms with Gasteiger partial charge in [0.15, 0.2) is 0 Å². The van der Waals surface area contributed by atoms with E-state index in [1.807, 2.05) is 0 Å². The largest absolute Gasteiger partial charge is 1.00 e. The van der Waals surface area contributed by atoms with Crippen LogP contribution in [0.15, 0.2) is 24.5 Å². The van der Waals surface area contributed by atoms with E-state index in [-0.39, 0.29) is 25.3 Å². The molecule has 1 rings (SSSR count). The molecule has 0 saturated carbocycles. The molecule has 0 bridgehead atoms. The summed E-state index contributed by atoms with van der Waals surface area (Å²) < 4.78 is 0. The molecule has 0 unspecified atom stereocenters. The molecule has 0 aliphatic carbocycles. The van der Waals surface area contributed by atoms with Gasteiger partial charge in [-0.15, -0.1) is 0 Å². The smallest absolute Gasteiger partial charge is 0.483 e. The molecule has 48 valence electrons. The van der Waals surface area contributed by atoms with Crippen LogP contribution in [0.4, 0.5) is 0 Å². The van der Waals surface area contributed by atoms with Crippen molar-refractivity contribution in [3.05, 3.63) is 30.6 Å². The minimum absolute atomic E-state index is 0. The third-order valence-corrected chi connectivity index (χ3v) is 0.514. The van der Waals surface area contributed by atoms with Gasteiger partial charge >= 0.3 is 18.9 Å². The van der Waals surface area contributed by atoms with E-state index >= 15 is 0 Å². The summed E-state index contributed by atoms with van der Waals surface area (Å²) in [5.41, 5.74) is 0. The second kappa shape index (κ2) is 11.1. The van der Waals surface area contributed by atoms with Crippen molar-refractivity contribution in [2.45, 2.75) is 0 Å². The zero-order chi connectivity index (χ0) is 6.95. The van der Waals surface area contributed by atoms with Gasteiger partial charge in [-0.25, -0.2) is 0 Å². The Hall–Kier alpha value is -0.783. The maximum Gasteiger partial charge on any atom is 1.00 e. The fourth-order valence-electron chi connectivity index (χ4n) is 0.277. The van der Waals surface area contributed by atoms with Crippen molar-refractivity contribution in [1.29, 1.82) is 0 Å². The van der Waals surface area contributed by atoms with Crippen LogP contribution in [-0.2, 0) is 4.79 Å². The van der Waals surface area contributed by atoms with E-state index < -0.39 is 0 Å². The molecule has 1 aromatic rings. The molecular weight excluding hydrogens is 125 g/mol. The summed E-state index contributed by atoms with van der Waals surface area (Å²) in [5, 5.41) is 6.89. The molecule has 1 heterocycles. The van der Waals surface area contributed by atoms with Crippen LogP contribution in [0.3, 0.4) is 0 Å². The number of aromatic nitrogens is 1. The number of rotatable bonds is 0. The molecule has 10 heavy (non-hydrogen) atoms. The van der Waals surface area contributed by atoms with E-state index in [2.05, 4.69) is 11.1 Å². The molecule has 0 saturated heterocycles. The zero-order valence-electron chi connectivity index (χ0n) is 5.69. The van der Waals surface area contributed by atoms with E-state index in [0.29, 0.717) is 0 Å². The van der Waals surface area contributed by atoms with Crippen LogP contribution in [0.25, 0.3) is 0 Å². The van der Waals surface area contributed by atoms with Gasteiger partial charge in [-0.1, -0.05) is 12.4 Å². The van der Waals surface area contributed by atoms with Crippen molar-refractivity contribution in [2.75, 3.05) is 0 Å². The summed E-state index contributed by atoms with van der Waals surface area (Å²) >= 11 is 0. The molecule has 0 aromatic carbocycles. The van der Waals surface area contributed by atoms with Gasteiger partial charge in [-0.2, -0.15) is 18.2 Å². The molecule has 0 spiro atoms. The topological polar surface area (TPSA) is 50.2 Å². The maximum absolute atomic E-state index is 8.36. The minimum Gasteiger partial charge on any atom is -0.483 e. The van der Waals surface area contributed by atoms with Crippen molar-refractivity contribution in [3.63, 3.8) is 0 Å².